The van der Waals surface area contributed by atoms with Gasteiger partial charge in [-0.15, -0.1) is 0 Å². The fraction of sp³-hybridized carbons (Fsp3) is 0.769. The molecule has 0 amide bonds. The summed E-state index contributed by atoms with van der Waals surface area (Å²) in [6, 6.07) is 2.83. The summed E-state index contributed by atoms with van der Waals surface area (Å²) in [4.78, 5) is 0. The lowest BCUT2D eigenvalue weighted by Crippen LogP contribution is -2.24. The van der Waals surface area contributed by atoms with E-state index >= 15 is 0 Å². The Balaban J connectivity index is 2.43. The van der Waals surface area contributed by atoms with E-state index in [0.29, 0.717) is 6.04 Å². The number of aromatic nitrogens is 2. The normalized spacial score (nSPS) is 11.3. The molecular formula is C13H25N3. The minimum atomic E-state index is 0.585. The molecule has 3 nitrogen and oxygen atoms in total. The third-order valence-corrected chi connectivity index (χ3v) is 2.74. The Morgan fingerprint density at radius 1 is 1.38 bits per heavy atom. The number of hydrogen-bond donors (Lipinski definition) is 1. The van der Waals surface area contributed by atoms with E-state index in [0.717, 1.165) is 25.9 Å². The van der Waals surface area contributed by atoms with Gasteiger partial charge in [-0.2, -0.15) is 5.10 Å². The fourth-order valence-corrected chi connectivity index (χ4v) is 1.82. The molecule has 0 saturated carbocycles. The zero-order valence-corrected chi connectivity index (χ0v) is 11.1. The van der Waals surface area contributed by atoms with Crippen molar-refractivity contribution in [3.63, 3.8) is 0 Å². The summed E-state index contributed by atoms with van der Waals surface area (Å²) in [5.41, 5.74) is 2.60. The highest BCUT2D eigenvalue weighted by atomic mass is 15.3. The van der Waals surface area contributed by atoms with Gasteiger partial charge in [-0.3, -0.25) is 4.68 Å². The molecule has 0 unspecified atom stereocenters. The predicted molar refractivity (Wildman–Crippen MR) is 68.7 cm³/mol. The SMILES string of the molecule is CCc1cc(CCCNC(C)C)n(CC)n1. The molecule has 0 saturated heterocycles. The van der Waals surface area contributed by atoms with Crippen LogP contribution in [-0.4, -0.2) is 22.4 Å². The van der Waals surface area contributed by atoms with Crippen LogP contribution in [0.5, 0.6) is 0 Å². The van der Waals surface area contributed by atoms with Gasteiger partial charge in [0, 0.05) is 18.3 Å². The van der Waals surface area contributed by atoms with Crippen molar-refractivity contribution in [1.82, 2.24) is 15.1 Å². The van der Waals surface area contributed by atoms with Crippen LogP contribution in [0.2, 0.25) is 0 Å². The summed E-state index contributed by atoms with van der Waals surface area (Å²) in [5, 5.41) is 8.00. The van der Waals surface area contributed by atoms with Crippen LogP contribution < -0.4 is 5.32 Å². The number of nitrogens with one attached hydrogen (secondary N) is 1. The van der Waals surface area contributed by atoms with Crippen LogP contribution in [0.3, 0.4) is 0 Å². The molecule has 0 aromatic carbocycles. The molecule has 0 aliphatic heterocycles. The van der Waals surface area contributed by atoms with Gasteiger partial charge in [0.15, 0.2) is 0 Å². The third-order valence-electron chi connectivity index (χ3n) is 2.74. The molecule has 1 rings (SSSR count). The smallest absolute Gasteiger partial charge is 0.0624 e. The van der Waals surface area contributed by atoms with Gasteiger partial charge >= 0.3 is 0 Å². The van der Waals surface area contributed by atoms with Crippen LogP contribution in [0.1, 0.15) is 45.5 Å². The lowest BCUT2D eigenvalue weighted by atomic mass is 10.2. The van der Waals surface area contributed by atoms with Crippen molar-refractivity contribution < 1.29 is 0 Å². The zero-order chi connectivity index (χ0) is 12.0. The van der Waals surface area contributed by atoms with E-state index in [4.69, 9.17) is 0 Å². The molecule has 3 heteroatoms. The molecule has 1 aromatic rings. The number of hydrogen-bond acceptors (Lipinski definition) is 2. The van der Waals surface area contributed by atoms with Crippen molar-refractivity contribution in [1.29, 1.82) is 0 Å². The molecule has 0 aliphatic carbocycles. The summed E-state index contributed by atoms with van der Waals surface area (Å²) in [5.74, 6) is 0. The molecule has 0 atom stereocenters. The van der Waals surface area contributed by atoms with Crippen molar-refractivity contribution in [3.05, 3.63) is 17.5 Å². The van der Waals surface area contributed by atoms with Crippen LogP contribution >= 0.6 is 0 Å². The quantitative estimate of drug-likeness (QED) is 0.719. The van der Waals surface area contributed by atoms with Crippen LogP contribution in [0.25, 0.3) is 0 Å². The second kappa shape index (κ2) is 6.69. The first-order valence-electron chi connectivity index (χ1n) is 6.46. The number of nitrogens with zero attached hydrogens (tertiary/aromatic N) is 2. The molecule has 0 spiro atoms. The average molecular weight is 223 g/mol. The largest absolute Gasteiger partial charge is 0.315 e. The van der Waals surface area contributed by atoms with Crippen LogP contribution in [0.4, 0.5) is 0 Å². The number of rotatable bonds is 7. The van der Waals surface area contributed by atoms with Gasteiger partial charge in [-0.05, 0) is 38.8 Å². The highest BCUT2D eigenvalue weighted by molar-refractivity contribution is 5.10. The van der Waals surface area contributed by atoms with E-state index in [-0.39, 0.29) is 0 Å². The van der Waals surface area contributed by atoms with Crippen molar-refractivity contribution in [2.45, 2.75) is 59.5 Å². The summed E-state index contributed by atoms with van der Waals surface area (Å²) in [7, 11) is 0. The molecule has 0 radical (unpaired) electrons. The molecule has 16 heavy (non-hydrogen) atoms. The number of aryl methyl sites for hydroxylation is 3. The van der Waals surface area contributed by atoms with Gasteiger partial charge in [0.1, 0.15) is 0 Å². The second-order valence-corrected chi connectivity index (χ2v) is 4.51. The highest BCUT2D eigenvalue weighted by Gasteiger charge is 2.05. The average Bonchev–Trinajstić information content (AvgIpc) is 2.66. The fourth-order valence-electron chi connectivity index (χ4n) is 1.82. The minimum absolute atomic E-state index is 0.585. The Kier molecular flexibility index (Phi) is 5.53. The topological polar surface area (TPSA) is 29.9 Å². The summed E-state index contributed by atoms with van der Waals surface area (Å²) >= 11 is 0. The Morgan fingerprint density at radius 2 is 2.12 bits per heavy atom. The predicted octanol–water partition coefficient (Wildman–Crippen LogP) is 2.40. The monoisotopic (exact) mass is 223 g/mol. The van der Waals surface area contributed by atoms with E-state index in [9.17, 15) is 0 Å². The minimum Gasteiger partial charge on any atom is -0.315 e. The van der Waals surface area contributed by atoms with E-state index < -0.39 is 0 Å². The Morgan fingerprint density at radius 3 is 2.69 bits per heavy atom. The first kappa shape index (κ1) is 13.2. The van der Waals surface area contributed by atoms with Crippen molar-refractivity contribution in [3.8, 4) is 0 Å². The molecule has 1 heterocycles. The first-order valence-corrected chi connectivity index (χ1v) is 6.46. The Hall–Kier alpha value is -0.830. The van der Waals surface area contributed by atoms with Crippen molar-refractivity contribution >= 4 is 0 Å². The summed E-state index contributed by atoms with van der Waals surface area (Å²) in [6.07, 6.45) is 3.35. The molecule has 1 N–H and O–H groups in total. The van der Waals surface area contributed by atoms with Gasteiger partial charge < -0.3 is 5.32 Å². The first-order chi connectivity index (χ1) is 7.67. The van der Waals surface area contributed by atoms with E-state index in [2.05, 4.69) is 48.9 Å². The van der Waals surface area contributed by atoms with Crippen LogP contribution in [0, 0.1) is 0 Å². The van der Waals surface area contributed by atoms with E-state index in [1.807, 2.05) is 0 Å². The standard InChI is InChI=1S/C13H25N3/c1-5-12-10-13(16(6-2)15-12)8-7-9-14-11(3)4/h10-11,14H,5-9H2,1-4H3. The van der Waals surface area contributed by atoms with Crippen LogP contribution in [0.15, 0.2) is 6.07 Å². The zero-order valence-electron chi connectivity index (χ0n) is 11.1. The Labute approximate surface area is 99.2 Å². The molecule has 0 aliphatic rings. The lowest BCUT2D eigenvalue weighted by Gasteiger charge is -2.08. The molecule has 92 valence electrons. The molecule has 0 fully saturated rings. The van der Waals surface area contributed by atoms with Gasteiger partial charge in [-0.1, -0.05) is 20.8 Å². The van der Waals surface area contributed by atoms with Gasteiger partial charge in [0.2, 0.25) is 0 Å². The van der Waals surface area contributed by atoms with Crippen LogP contribution in [-0.2, 0) is 19.4 Å². The maximum atomic E-state index is 4.56. The lowest BCUT2D eigenvalue weighted by molar-refractivity contribution is 0.552. The highest BCUT2D eigenvalue weighted by Crippen LogP contribution is 2.07. The van der Waals surface area contributed by atoms with Gasteiger partial charge in [0.05, 0.1) is 5.69 Å². The van der Waals surface area contributed by atoms with E-state index in [1.165, 1.54) is 17.8 Å². The van der Waals surface area contributed by atoms with E-state index in [1.54, 1.807) is 0 Å². The van der Waals surface area contributed by atoms with Crippen molar-refractivity contribution in [2.24, 2.45) is 0 Å². The van der Waals surface area contributed by atoms with Crippen molar-refractivity contribution in [2.75, 3.05) is 6.54 Å². The maximum absolute atomic E-state index is 4.56. The molecular weight excluding hydrogens is 198 g/mol. The summed E-state index contributed by atoms with van der Waals surface area (Å²) in [6.45, 7) is 10.8. The van der Waals surface area contributed by atoms with Gasteiger partial charge in [0.25, 0.3) is 0 Å². The van der Waals surface area contributed by atoms with Gasteiger partial charge in [-0.25, -0.2) is 0 Å². The molecule has 0 bridgehead atoms. The Bertz CT molecular complexity index is 302. The third kappa shape index (κ3) is 3.97. The maximum Gasteiger partial charge on any atom is 0.0624 e. The second-order valence-electron chi connectivity index (χ2n) is 4.51. The molecule has 1 aromatic heterocycles. The summed E-state index contributed by atoms with van der Waals surface area (Å²) < 4.78 is 2.13.